The number of aryl methyl sites for hydroxylation is 1. The number of hydrogen-bond donors (Lipinski definition) is 2. The highest BCUT2D eigenvalue weighted by molar-refractivity contribution is 5.99. The Kier molecular flexibility index (Phi) is 8.61. The number of fused-ring (bicyclic) bond motifs is 1. The molecule has 0 unspecified atom stereocenters. The van der Waals surface area contributed by atoms with Crippen LogP contribution in [0.25, 0.3) is 10.9 Å². The molecule has 208 valence electrons. The summed E-state index contributed by atoms with van der Waals surface area (Å²) in [6.07, 6.45) is 5.07. The average Bonchev–Trinajstić information content (AvgIpc) is 3.46. The van der Waals surface area contributed by atoms with Gasteiger partial charge in [0.1, 0.15) is 5.75 Å². The fourth-order valence-corrected chi connectivity index (χ4v) is 4.76. The van der Waals surface area contributed by atoms with Crippen LogP contribution in [0, 0.1) is 12.7 Å². The maximum absolute atomic E-state index is 15.0. The molecule has 8 nitrogen and oxygen atoms in total. The molecule has 1 saturated heterocycles. The van der Waals surface area contributed by atoms with E-state index < -0.39 is 11.8 Å². The van der Waals surface area contributed by atoms with Crippen molar-refractivity contribution in [3.8, 4) is 23.0 Å². The van der Waals surface area contributed by atoms with Crippen LogP contribution >= 0.6 is 0 Å². The van der Waals surface area contributed by atoms with E-state index in [9.17, 15) is 4.79 Å². The van der Waals surface area contributed by atoms with Crippen molar-refractivity contribution < 1.29 is 23.4 Å². The summed E-state index contributed by atoms with van der Waals surface area (Å²) in [6, 6.07) is 16.5. The molecule has 1 fully saturated rings. The van der Waals surface area contributed by atoms with E-state index in [1.54, 1.807) is 37.6 Å². The summed E-state index contributed by atoms with van der Waals surface area (Å²) in [6.45, 7) is 5.85. The zero-order valence-corrected chi connectivity index (χ0v) is 22.7. The maximum Gasteiger partial charge on any atom is 0.323 e. The first-order chi connectivity index (χ1) is 19.5. The van der Waals surface area contributed by atoms with Crippen molar-refractivity contribution in [3.05, 3.63) is 78.2 Å². The molecular weight excluding hydrogens is 511 g/mol. The molecule has 0 saturated carbocycles. The predicted molar refractivity (Wildman–Crippen MR) is 154 cm³/mol. The Morgan fingerprint density at radius 3 is 2.50 bits per heavy atom. The van der Waals surface area contributed by atoms with Gasteiger partial charge in [-0.1, -0.05) is 12.1 Å². The van der Waals surface area contributed by atoms with Gasteiger partial charge in [-0.2, -0.15) is 0 Å². The van der Waals surface area contributed by atoms with Gasteiger partial charge in [-0.05, 0) is 81.2 Å². The molecule has 4 aromatic rings. The van der Waals surface area contributed by atoms with Gasteiger partial charge in [0.05, 0.1) is 19.2 Å². The Hall–Kier alpha value is -4.37. The summed E-state index contributed by atoms with van der Waals surface area (Å²) >= 11 is 0. The molecule has 1 aromatic heterocycles. The number of likely N-dealkylation sites (tertiary alicyclic amines) is 1. The van der Waals surface area contributed by atoms with E-state index in [0.717, 1.165) is 31.6 Å². The van der Waals surface area contributed by atoms with E-state index >= 15 is 4.39 Å². The van der Waals surface area contributed by atoms with Gasteiger partial charge in [0.25, 0.3) is 0 Å². The number of amides is 2. The van der Waals surface area contributed by atoms with Crippen molar-refractivity contribution in [2.24, 2.45) is 0 Å². The lowest BCUT2D eigenvalue weighted by molar-refractivity contribution is 0.254. The molecule has 5 rings (SSSR count). The highest BCUT2D eigenvalue weighted by Crippen LogP contribution is 2.38. The van der Waals surface area contributed by atoms with Crippen molar-refractivity contribution in [3.63, 3.8) is 0 Å². The molecule has 2 heterocycles. The van der Waals surface area contributed by atoms with E-state index in [1.807, 2.05) is 31.2 Å². The average molecular weight is 545 g/mol. The minimum absolute atomic E-state index is 0.0124. The third-order valence-corrected chi connectivity index (χ3v) is 6.75. The number of hydrogen-bond acceptors (Lipinski definition) is 6. The molecular formula is C31H33FN4O4. The van der Waals surface area contributed by atoms with E-state index in [0.29, 0.717) is 46.1 Å². The molecule has 0 aliphatic carbocycles. The highest BCUT2D eigenvalue weighted by atomic mass is 19.1. The third kappa shape index (κ3) is 6.79. The summed E-state index contributed by atoms with van der Waals surface area (Å²) in [4.78, 5) is 19.3. The van der Waals surface area contributed by atoms with Crippen molar-refractivity contribution in [2.75, 3.05) is 44.0 Å². The first-order valence-corrected chi connectivity index (χ1v) is 13.4. The van der Waals surface area contributed by atoms with Gasteiger partial charge in [-0.25, -0.2) is 9.18 Å². The fourth-order valence-electron chi connectivity index (χ4n) is 4.76. The Labute approximate surface area is 233 Å². The minimum atomic E-state index is -0.622. The monoisotopic (exact) mass is 544 g/mol. The molecule has 0 radical (unpaired) electrons. The Balaban J connectivity index is 1.26. The number of carbonyl (C=O) groups excluding carboxylic acids is 1. The quantitative estimate of drug-likeness (QED) is 0.209. The van der Waals surface area contributed by atoms with Crippen LogP contribution in [0.2, 0.25) is 0 Å². The van der Waals surface area contributed by atoms with Crippen molar-refractivity contribution in [2.45, 2.75) is 26.2 Å². The smallest absolute Gasteiger partial charge is 0.323 e. The summed E-state index contributed by atoms with van der Waals surface area (Å²) in [7, 11) is 1.58. The number of urea groups is 1. The summed E-state index contributed by atoms with van der Waals surface area (Å²) < 4.78 is 32.5. The number of methoxy groups -OCH3 is 1. The van der Waals surface area contributed by atoms with Crippen LogP contribution in [0.4, 0.5) is 20.6 Å². The van der Waals surface area contributed by atoms with Crippen LogP contribution in [0.3, 0.4) is 0 Å². The number of benzene rings is 3. The van der Waals surface area contributed by atoms with Crippen molar-refractivity contribution in [1.82, 2.24) is 9.88 Å². The van der Waals surface area contributed by atoms with Crippen LogP contribution in [0.15, 0.2) is 66.9 Å². The SMILES string of the molecule is COc1cc2c(Oc3ccc(NC(=O)Nc4cccc(C)c4)cc3F)ccnc2cc1OCCCN1CCCC1. The van der Waals surface area contributed by atoms with Gasteiger partial charge in [0, 0.05) is 41.6 Å². The molecule has 3 aromatic carbocycles. The molecule has 40 heavy (non-hydrogen) atoms. The second kappa shape index (κ2) is 12.7. The second-order valence-electron chi connectivity index (χ2n) is 9.78. The lowest BCUT2D eigenvalue weighted by Crippen LogP contribution is -2.21. The van der Waals surface area contributed by atoms with Crippen LogP contribution in [-0.2, 0) is 0 Å². The zero-order valence-electron chi connectivity index (χ0n) is 22.7. The van der Waals surface area contributed by atoms with Crippen LogP contribution in [0.1, 0.15) is 24.8 Å². The number of aromatic nitrogens is 1. The Bertz CT molecular complexity index is 1490. The van der Waals surface area contributed by atoms with Gasteiger partial charge in [-0.3, -0.25) is 4.98 Å². The molecule has 0 spiro atoms. The fraction of sp³-hybridized carbons (Fsp3) is 0.290. The Morgan fingerprint density at radius 2 is 1.75 bits per heavy atom. The summed E-state index contributed by atoms with van der Waals surface area (Å²) in [5.41, 5.74) is 2.60. The predicted octanol–water partition coefficient (Wildman–Crippen LogP) is 6.99. The van der Waals surface area contributed by atoms with Gasteiger partial charge >= 0.3 is 6.03 Å². The number of rotatable bonds is 10. The second-order valence-corrected chi connectivity index (χ2v) is 9.78. The minimum Gasteiger partial charge on any atom is -0.493 e. The molecule has 1 aliphatic rings. The molecule has 2 N–H and O–H groups in total. The molecule has 1 aliphatic heterocycles. The topological polar surface area (TPSA) is 85.0 Å². The van der Waals surface area contributed by atoms with Gasteiger partial charge < -0.3 is 29.7 Å². The zero-order chi connectivity index (χ0) is 27.9. The summed E-state index contributed by atoms with van der Waals surface area (Å²) in [5.74, 6) is 0.958. The normalized spacial score (nSPS) is 13.3. The third-order valence-electron chi connectivity index (χ3n) is 6.75. The lowest BCUT2D eigenvalue weighted by Gasteiger charge is -2.16. The molecule has 2 amide bonds. The van der Waals surface area contributed by atoms with Crippen LogP contribution < -0.4 is 24.8 Å². The standard InChI is InChI=1S/C31H33FN4O4/c1-21-7-5-8-22(17-21)34-31(37)35-23-9-10-28(25(32)18-23)40-27-11-12-33-26-20-30(29(38-2)19-24(26)27)39-16-6-15-36-13-3-4-14-36/h5,7-12,17-20H,3-4,6,13-16H2,1-2H3,(H2,34,35,37). The molecule has 9 heteroatoms. The summed E-state index contributed by atoms with van der Waals surface area (Å²) in [5, 5.41) is 6.03. The number of anilines is 2. The number of halogens is 1. The number of carbonyl (C=O) groups is 1. The van der Waals surface area contributed by atoms with Gasteiger partial charge in [0.2, 0.25) is 0 Å². The van der Waals surface area contributed by atoms with Crippen molar-refractivity contribution >= 4 is 28.3 Å². The van der Waals surface area contributed by atoms with E-state index in [4.69, 9.17) is 14.2 Å². The first-order valence-electron chi connectivity index (χ1n) is 13.4. The number of ether oxygens (including phenoxy) is 3. The first kappa shape index (κ1) is 27.2. The van der Waals surface area contributed by atoms with Crippen LogP contribution in [-0.4, -0.2) is 49.3 Å². The van der Waals surface area contributed by atoms with Crippen molar-refractivity contribution in [1.29, 1.82) is 0 Å². The maximum atomic E-state index is 15.0. The Morgan fingerprint density at radius 1 is 0.950 bits per heavy atom. The largest absolute Gasteiger partial charge is 0.493 e. The number of nitrogens with one attached hydrogen (secondary N) is 2. The van der Waals surface area contributed by atoms with Gasteiger partial charge in [-0.15, -0.1) is 0 Å². The van der Waals surface area contributed by atoms with E-state index in [-0.39, 0.29) is 5.75 Å². The van der Waals surface area contributed by atoms with Gasteiger partial charge in [0.15, 0.2) is 23.1 Å². The van der Waals surface area contributed by atoms with E-state index in [2.05, 4.69) is 20.5 Å². The number of pyridine rings is 1. The number of nitrogens with zero attached hydrogens (tertiary/aromatic N) is 2. The highest BCUT2D eigenvalue weighted by Gasteiger charge is 2.15. The molecule has 0 atom stereocenters. The van der Waals surface area contributed by atoms with Crippen LogP contribution in [0.5, 0.6) is 23.0 Å². The van der Waals surface area contributed by atoms with E-state index in [1.165, 1.54) is 25.0 Å². The lowest BCUT2D eigenvalue weighted by atomic mass is 10.1. The molecule has 0 bridgehead atoms.